The van der Waals surface area contributed by atoms with Gasteiger partial charge in [-0.3, -0.25) is 14.8 Å². The van der Waals surface area contributed by atoms with Crippen LogP contribution in [0.4, 0.5) is 0 Å². The number of thiophene rings is 1. The lowest BCUT2D eigenvalue weighted by atomic mass is 10.1. The van der Waals surface area contributed by atoms with Crippen molar-refractivity contribution in [3.8, 4) is 20.9 Å². The fraction of sp³-hybridized carbons (Fsp3) is 0.0625. The van der Waals surface area contributed by atoms with E-state index in [4.69, 9.17) is 5.73 Å². The summed E-state index contributed by atoms with van der Waals surface area (Å²) in [7, 11) is 0. The van der Waals surface area contributed by atoms with E-state index in [1.807, 2.05) is 30.3 Å². The second kappa shape index (κ2) is 5.85. The molecule has 0 fully saturated rings. The molecule has 4 nitrogen and oxygen atoms in total. The van der Waals surface area contributed by atoms with Gasteiger partial charge in [0.25, 0.3) is 0 Å². The van der Waals surface area contributed by atoms with Gasteiger partial charge in [-0.15, -0.1) is 11.3 Å². The van der Waals surface area contributed by atoms with E-state index >= 15 is 0 Å². The van der Waals surface area contributed by atoms with Gasteiger partial charge < -0.3 is 5.73 Å². The average Bonchev–Trinajstić information content (AvgIpc) is 2.92. The average molecular weight is 295 g/mol. The molecule has 0 saturated heterocycles. The minimum absolute atomic E-state index is 0.235. The molecule has 0 unspecified atom stereocenters. The van der Waals surface area contributed by atoms with Gasteiger partial charge in [0.1, 0.15) is 0 Å². The summed E-state index contributed by atoms with van der Waals surface area (Å²) in [4.78, 5) is 21.5. The van der Waals surface area contributed by atoms with Crippen LogP contribution in [0.2, 0.25) is 0 Å². The van der Waals surface area contributed by atoms with Crippen molar-refractivity contribution in [2.45, 2.75) is 6.42 Å². The monoisotopic (exact) mass is 295 g/mol. The van der Waals surface area contributed by atoms with Crippen LogP contribution in [0.3, 0.4) is 0 Å². The highest BCUT2D eigenvalue weighted by molar-refractivity contribution is 7.19. The molecular formula is C16H13N3OS. The number of pyridine rings is 2. The topological polar surface area (TPSA) is 68.9 Å². The van der Waals surface area contributed by atoms with E-state index in [0.29, 0.717) is 0 Å². The largest absolute Gasteiger partial charge is 0.369 e. The van der Waals surface area contributed by atoms with Gasteiger partial charge in [-0.1, -0.05) is 0 Å². The predicted molar refractivity (Wildman–Crippen MR) is 83.7 cm³/mol. The maximum Gasteiger partial charge on any atom is 0.221 e. The Balaban J connectivity index is 2.10. The second-order valence-corrected chi connectivity index (χ2v) is 5.63. The lowest BCUT2D eigenvalue weighted by molar-refractivity contribution is -0.117. The number of carbonyl (C=O) groups excluding carboxylic acids is 1. The number of rotatable bonds is 4. The first-order chi connectivity index (χ1) is 10.2. The molecule has 104 valence electrons. The fourth-order valence-electron chi connectivity index (χ4n) is 2.15. The van der Waals surface area contributed by atoms with E-state index in [1.54, 1.807) is 36.1 Å². The number of nitrogens with zero attached hydrogens (tertiary/aromatic N) is 2. The van der Waals surface area contributed by atoms with Crippen molar-refractivity contribution in [2.75, 3.05) is 0 Å². The minimum Gasteiger partial charge on any atom is -0.369 e. The molecule has 0 aliphatic heterocycles. The number of primary amides is 1. The SMILES string of the molecule is NC(=O)Cc1cc(-c2ccncc2)sc1-c1ccncc1. The van der Waals surface area contributed by atoms with Gasteiger partial charge in [-0.25, -0.2) is 0 Å². The van der Waals surface area contributed by atoms with Crippen molar-refractivity contribution >= 4 is 17.2 Å². The molecule has 0 bridgehead atoms. The van der Waals surface area contributed by atoms with E-state index in [-0.39, 0.29) is 12.3 Å². The Hall–Kier alpha value is -2.53. The molecule has 1 amide bonds. The van der Waals surface area contributed by atoms with Gasteiger partial charge in [0.05, 0.1) is 6.42 Å². The normalized spacial score (nSPS) is 10.5. The van der Waals surface area contributed by atoms with Gasteiger partial charge in [-0.2, -0.15) is 0 Å². The van der Waals surface area contributed by atoms with Gasteiger partial charge in [0.15, 0.2) is 0 Å². The van der Waals surface area contributed by atoms with Crippen LogP contribution in [-0.4, -0.2) is 15.9 Å². The molecule has 21 heavy (non-hydrogen) atoms. The van der Waals surface area contributed by atoms with Crippen LogP contribution in [0, 0.1) is 0 Å². The van der Waals surface area contributed by atoms with Crippen LogP contribution in [0.1, 0.15) is 5.56 Å². The molecule has 0 aromatic carbocycles. The third-order valence-corrected chi connectivity index (χ3v) is 4.36. The molecule has 3 aromatic rings. The molecule has 0 radical (unpaired) electrons. The molecule has 0 atom stereocenters. The summed E-state index contributed by atoms with van der Waals surface area (Å²) in [5.74, 6) is -0.329. The molecule has 3 aromatic heterocycles. The number of aromatic nitrogens is 2. The Labute approximate surface area is 126 Å². The highest BCUT2D eigenvalue weighted by atomic mass is 32.1. The zero-order valence-electron chi connectivity index (χ0n) is 11.2. The third-order valence-electron chi connectivity index (χ3n) is 3.08. The van der Waals surface area contributed by atoms with Crippen LogP contribution in [0.15, 0.2) is 55.1 Å². The van der Waals surface area contributed by atoms with Crippen LogP contribution >= 0.6 is 11.3 Å². The molecule has 5 heteroatoms. The number of hydrogen-bond donors (Lipinski definition) is 1. The van der Waals surface area contributed by atoms with E-state index in [9.17, 15) is 4.79 Å². The minimum atomic E-state index is -0.329. The second-order valence-electron chi connectivity index (χ2n) is 4.58. The fourth-order valence-corrected chi connectivity index (χ4v) is 3.34. The van der Waals surface area contributed by atoms with Crippen molar-refractivity contribution in [2.24, 2.45) is 5.73 Å². The molecule has 3 rings (SSSR count). The van der Waals surface area contributed by atoms with Crippen molar-refractivity contribution in [3.63, 3.8) is 0 Å². The molecule has 0 aliphatic rings. The number of amides is 1. The quantitative estimate of drug-likeness (QED) is 0.804. The van der Waals surface area contributed by atoms with Gasteiger partial charge in [0, 0.05) is 34.5 Å². The first-order valence-electron chi connectivity index (χ1n) is 6.46. The molecule has 0 aliphatic carbocycles. The Morgan fingerprint density at radius 2 is 1.57 bits per heavy atom. The van der Waals surface area contributed by atoms with Gasteiger partial charge >= 0.3 is 0 Å². The van der Waals surface area contributed by atoms with Gasteiger partial charge in [-0.05, 0) is 47.0 Å². The first kappa shape index (κ1) is 13.5. The number of carbonyl (C=O) groups is 1. The van der Waals surface area contributed by atoms with Crippen LogP contribution in [0.5, 0.6) is 0 Å². The predicted octanol–water partition coefficient (Wildman–Crippen LogP) is 2.90. The van der Waals surface area contributed by atoms with Crippen LogP contribution in [0.25, 0.3) is 20.9 Å². The summed E-state index contributed by atoms with van der Waals surface area (Å²) in [6.45, 7) is 0. The van der Waals surface area contributed by atoms with Crippen molar-refractivity contribution in [1.29, 1.82) is 0 Å². The first-order valence-corrected chi connectivity index (χ1v) is 7.27. The van der Waals surface area contributed by atoms with Gasteiger partial charge in [0.2, 0.25) is 5.91 Å². The smallest absolute Gasteiger partial charge is 0.221 e. The maximum absolute atomic E-state index is 11.3. The van der Waals surface area contributed by atoms with E-state index in [0.717, 1.165) is 26.4 Å². The molecule has 0 spiro atoms. The lowest BCUT2D eigenvalue weighted by Crippen LogP contribution is -2.13. The molecule has 2 N–H and O–H groups in total. The summed E-state index contributed by atoms with van der Waals surface area (Å²) in [5, 5.41) is 0. The van der Waals surface area contributed by atoms with E-state index < -0.39 is 0 Å². The number of nitrogens with two attached hydrogens (primary N) is 1. The van der Waals surface area contributed by atoms with E-state index in [1.165, 1.54) is 0 Å². The van der Waals surface area contributed by atoms with Crippen LogP contribution < -0.4 is 5.73 Å². The van der Waals surface area contributed by atoms with E-state index in [2.05, 4.69) is 9.97 Å². The zero-order chi connectivity index (χ0) is 14.7. The Bertz CT molecular complexity index is 754. The van der Waals surface area contributed by atoms with Crippen LogP contribution in [-0.2, 0) is 11.2 Å². The molecule has 3 heterocycles. The molecule has 0 saturated carbocycles. The third kappa shape index (κ3) is 2.98. The Kier molecular flexibility index (Phi) is 3.75. The standard InChI is InChI=1S/C16H13N3OS/c17-15(20)10-13-9-14(11-1-5-18-6-2-11)21-16(13)12-3-7-19-8-4-12/h1-9H,10H2,(H2,17,20). The summed E-state index contributed by atoms with van der Waals surface area (Å²) < 4.78 is 0. The Morgan fingerprint density at radius 1 is 1.00 bits per heavy atom. The highest BCUT2D eigenvalue weighted by Gasteiger charge is 2.14. The number of hydrogen-bond acceptors (Lipinski definition) is 4. The maximum atomic E-state index is 11.3. The van der Waals surface area contributed by atoms with Crippen molar-refractivity contribution in [3.05, 3.63) is 60.7 Å². The highest BCUT2D eigenvalue weighted by Crippen LogP contribution is 2.38. The van der Waals surface area contributed by atoms with Crippen molar-refractivity contribution in [1.82, 2.24) is 9.97 Å². The van der Waals surface area contributed by atoms with Crippen molar-refractivity contribution < 1.29 is 4.79 Å². The summed E-state index contributed by atoms with van der Waals surface area (Å²) >= 11 is 1.64. The summed E-state index contributed by atoms with van der Waals surface area (Å²) in [5.41, 5.74) is 8.44. The Morgan fingerprint density at radius 3 is 2.14 bits per heavy atom. The molecular weight excluding hydrogens is 282 g/mol. The lowest BCUT2D eigenvalue weighted by Gasteiger charge is -2.00. The summed E-state index contributed by atoms with van der Waals surface area (Å²) in [6, 6.07) is 9.81. The zero-order valence-corrected chi connectivity index (χ0v) is 12.0. The summed E-state index contributed by atoms with van der Waals surface area (Å²) in [6.07, 6.45) is 7.24.